The van der Waals surface area contributed by atoms with Crippen LogP contribution in [0.25, 0.3) is 20.8 Å². The van der Waals surface area contributed by atoms with Gasteiger partial charge in [0.2, 0.25) is 0 Å². The van der Waals surface area contributed by atoms with Crippen molar-refractivity contribution < 1.29 is 9.47 Å². The van der Waals surface area contributed by atoms with Gasteiger partial charge in [-0.15, -0.1) is 11.3 Å². The first-order chi connectivity index (χ1) is 13.7. The highest BCUT2D eigenvalue weighted by Gasteiger charge is 2.07. The molecule has 5 heteroatoms. The molecule has 0 spiro atoms. The molecular formula is C23H22N2O2S. The summed E-state index contributed by atoms with van der Waals surface area (Å²) >= 11 is 1.73. The third kappa shape index (κ3) is 3.80. The molecule has 4 aromatic rings. The number of methoxy groups -OCH3 is 2. The van der Waals surface area contributed by atoms with E-state index in [9.17, 15) is 0 Å². The molecule has 0 aliphatic carbocycles. The number of nitrogens with one attached hydrogen (secondary N) is 1. The molecule has 0 amide bonds. The number of hydrogen-bond acceptors (Lipinski definition) is 5. The van der Waals surface area contributed by atoms with E-state index < -0.39 is 0 Å². The van der Waals surface area contributed by atoms with Crippen LogP contribution in [0, 0.1) is 6.92 Å². The van der Waals surface area contributed by atoms with E-state index in [4.69, 9.17) is 14.5 Å². The minimum absolute atomic E-state index is 0.708. The molecule has 0 aliphatic rings. The molecule has 0 atom stereocenters. The van der Waals surface area contributed by atoms with Gasteiger partial charge in [0.15, 0.2) is 11.5 Å². The number of anilines is 1. The summed E-state index contributed by atoms with van der Waals surface area (Å²) < 4.78 is 11.9. The van der Waals surface area contributed by atoms with E-state index in [0.717, 1.165) is 38.8 Å². The Morgan fingerprint density at radius 3 is 2.43 bits per heavy atom. The number of thiazole rings is 1. The van der Waals surface area contributed by atoms with Gasteiger partial charge in [-0.3, -0.25) is 0 Å². The van der Waals surface area contributed by atoms with Crippen molar-refractivity contribution in [2.75, 3.05) is 19.5 Å². The standard InChI is InChI=1S/C23H22N2O2S/c1-15-4-11-22-19(12-15)25-23(28-22)17-6-8-18(9-7-17)24-14-16-5-10-20(26-2)21(13-16)27-3/h4-13,24H,14H2,1-3H3. The molecule has 4 rings (SSSR count). The van der Waals surface area contributed by atoms with Gasteiger partial charge in [-0.05, 0) is 66.6 Å². The molecule has 0 saturated carbocycles. The van der Waals surface area contributed by atoms with Crippen molar-refractivity contribution in [3.05, 3.63) is 71.8 Å². The van der Waals surface area contributed by atoms with E-state index in [1.807, 2.05) is 18.2 Å². The van der Waals surface area contributed by atoms with Gasteiger partial charge in [0.1, 0.15) is 5.01 Å². The maximum absolute atomic E-state index is 5.37. The number of rotatable bonds is 6. The Morgan fingerprint density at radius 2 is 1.68 bits per heavy atom. The van der Waals surface area contributed by atoms with Crippen molar-refractivity contribution in [2.45, 2.75) is 13.5 Å². The lowest BCUT2D eigenvalue weighted by Crippen LogP contribution is -2.00. The topological polar surface area (TPSA) is 43.4 Å². The average Bonchev–Trinajstić information content (AvgIpc) is 3.15. The lowest BCUT2D eigenvalue weighted by atomic mass is 10.1. The first-order valence-corrected chi connectivity index (χ1v) is 9.90. The van der Waals surface area contributed by atoms with Gasteiger partial charge in [-0.2, -0.15) is 0 Å². The monoisotopic (exact) mass is 390 g/mol. The molecule has 142 valence electrons. The average molecular weight is 391 g/mol. The molecule has 0 unspecified atom stereocenters. The lowest BCUT2D eigenvalue weighted by Gasteiger charge is -2.11. The van der Waals surface area contributed by atoms with Crippen molar-refractivity contribution in [3.63, 3.8) is 0 Å². The van der Waals surface area contributed by atoms with E-state index in [1.165, 1.54) is 10.3 Å². The zero-order chi connectivity index (χ0) is 19.5. The Hall–Kier alpha value is -3.05. The highest BCUT2D eigenvalue weighted by atomic mass is 32.1. The van der Waals surface area contributed by atoms with Crippen LogP contribution < -0.4 is 14.8 Å². The summed E-state index contributed by atoms with van der Waals surface area (Å²) in [6, 6.07) is 20.8. The SMILES string of the molecule is COc1ccc(CNc2ccc(-c3nc4cc(C)ccc4s3)cc2)cc1OC. The summed E-state index contributed by atoms with van der Waals surface area (Å²) in [7, 11) is 3.29. The van der Waals surface area contributed by atoms with Crippen LogP contribution in [0.2, 0.25) is 0 Å². The fraction of sp³-hybridized carbons (Fsp3) is 0.174. The van der Waals surface area contributed by atoms with Gasteiger partial charge < -0.3 is 14.8 Å². The second kappa shape index (κ2) is 7.90. The maximum Gasteiger partial charge on any atom is 0.161 e. The van der Waals surface area contributed by atoms with Crippen LogP contribution in [0.1, 0.15) is 11.1 Å². The van der Waals surface area contributed by atoms with Gasteiger partial charge in [0.25, 0.3) is 0 Å². The van der Waals surface area contributed by atoms with Gasteiger partial charge in [-0.25, -0.2) is 4.98 Å². The zero-order valence-electron chi connectivity index (χ0n) is 16.2. The normalized spacial score (nSPS) is 10.8. The van der Waals surface area contributed by atoms with Crippen LogP contribution in [0.5, 0.6) is 11.5 Å². The fourth-order valence-electron chi connectivity index (χ4n) is 3.09. The van der Waals surface area contributed by atoms with E-state index >= 15 is 0 Å². The third-order valence-electron chi connectivity index (χ3n) is 4.62. The van der Waals surface area contributed by atoms with Crippen molar-refractivity contribution >= 4 is 27.2 Å². The minimum Gasteiger partial charge on any atom is -0.493 e. The molecule has 1 N–H and O–H groups in total. The zero-order valence-corrected chi connectivity index (χ0v) is 17.0. The van der Waals surface area contributed by atoms with Gasteiger partial charge >= 0.3 is 0 Å². The highest BCUT2D eigenvalue weighted by Crippen LogP contribution is 2.31. The Balaban J connectivity index is 1.47. The van der Waals surface area contributed by atoms with E-state index in [2.05, 4.69) is 54.7 Å². The summed E-state index contributed by atoms with van der Waals surface area (Å²) in [5.74, 6) is 1.48. The van der Waals surface area contributed by atoms with E-state index in [-0.39, 0.29) is 0 Å². The molecule has 1 heterocycles. The molecule has 0 fully saturated rings. The second-order valence-electron chi connectivity index (χ2n) is 6.61. The van der Waals surface area contributed by atoms with Crippen LogP contribution in [0.4, 0.5) is 5.69 Å². The van der Waals surface area contributed by atoms with Crippen molar-refractivity contribution in [3.8, 4) is 22.1 Å². The Kier molecular flexibility index (Phi) is 5.17. The number of aromatic nitrogens is 1. The predicted octanol–water partition coefficient (Wildman–Crippen LogP) is 5.90. The van der Waals surface area contributed by atoms with Gasteiger partial charge in [-0.1, -0.05) is 12.1 Å². The lowest BCUT2D eigenvalue weighted by molar-refractivity contribution is 0.354. The van der Waals surface area contributed by atoms with E-state index in [1.54, 1.807) is 25.6 Å². The number of fused-ring (bicyclic) bond motifs is 1. The molecular weight excluding hydrogens is 368 g/mol. The highest BCUT2D eigenvalue weighted by molar-refractivity contribution is 7.21. The first-order valence-electron chi connectivity index (χ1n) is 9.08. The van der Waals surface area contributed by atoms with Crippen molar-refractivity contribution in [1.29, 1.82) is 0 Å². The summed E-state index contributed by atoms with van der Waals surface area (Å²) in [6.07, 6.45) is 0. The van der Waals surface area contributed by atoms with Crippen LogP contribution in [-0.2, 0) is 6.54 Å². The molecule has 0 radical (unpaired) electrons. The third-order valence-corrected chi connectivity index (χ3v) is 5.70. The number of benzene rings is 3. The second-order valence-corrected chi connectivity index (χ2v) is 7.64. The molecule has 28 heavy (non-hydrogen) atoms. The molecule has 4 nitrogen and oxygen atoms in total. The molecule has 1 aromatic heterocycles. The Labute approximate surface area is 168 Å². The predicted molar refractivity (Wildman–Crippen MR) is 117 cm³/mol. The number of ether oxygens (including phenoxy) is 2. The van der Waals surface area contributed by atoms with Crippen molar-refractivity contribution in [2.24, 2.45) is 0 Å². The first kappa shape index (κ1) is 18.3. The number of hydrogen-bond donors (Lipinski definition) is 1. The van der Waals surface area contributed by atoms with Gasteiger partial charge in [0, 0.05) is 17.8 Å². The fourth-order valence-corrected chi connectivity index (χ4v) is 4.04. The Morgan fingerprint density at radius 1 is 0.893 bits per heavy atom. The number of aryl methyl sites for hydroxylation is 1. The summed E-state index contributed by atoms with van der Waals surface area (Å²) in [6.45, 7) is 2.80. The van der Waals surface area contributed by atoms with Crippen LogP contribution >= 0.6 is 11.3 Å². The van der Waals surface area contributed by atoms with Crippen molar-refractivity contribution in [1.82, 2.24) is 4.98 Å². The molecule has 0 saturated heterocycles. The molecule has 0 aliphatic heterocycles. The minimum atomic E-state index is 0.708. The summed E-state index contributed by atoms with van der Waals surface area (Å²) in [5.41, 5.74) is 5.63. The number of nitrogens with zero attached hydrogens (tertiary/aromatic N) is 1. The summed E-state index contributed by atoms with van der Waals surface area (Å²) in [4.78, 5) is 4.77. The maximum atomic E-state index is 5.37. The van der Waals surface area contributed by atoms with E-state index in [0.29, 0.717) is 6.54 Å². The molecule has 3 aromatic carbocycles. The summed E-state index contributed by atoms with van der Waals surface area (Å²) in [5, 5.41) is 4.50. The smallest absolute Gasteiger partial charge is 0.161 e. The van der Waals surface area contributed by atoms with Crippen LogP contribution in [0.15, 0.2) is 60.7 Å². The van der Waals surface area contributed by atoms with Crippen LogP contribution in [-0.4, -0.2) is 19.2 Å². The van der Waals surface area contributed by atoms with Crippen LogP contribution in [0.3, 0.4) is 0 Å². The Bertz CT molecular complexity index is 1100. The largest absolute Gasteiger partial charge is 0.493 e. The molecule has 0 bridgehead atoms. The quantitative estimate of drug-likeness (QED) is 0.445. The van der Waals surface area contributed by atoms with Gasteiger partial charge in [0.05, 0.1) is 24.4 Å².